The van der Waals surface area contributed by atoms with Crippen LogP contribution in [-0.2, 0) is 4.74 Å². The van der Waals surface area contributed by atoms with Crippen LogP contribution in [0.25, 0.3) is 0 Å². The van der Waals surface area contributed by atoms with Gasteiger partial charge in [0.25, 0.3) is 5.91 Å². The molecule has 1 fully saturated rings. The molecular weight excluding hydrogens is 280 g/mol. The van der Waals surface area contributed by atoms with Crippen LogP contribution in [0.1, 0.15) is 40.1 Å². The number of hydrogen-bond acceptors (Lipinski definition) is 6. The number of nitrogens with zero attached hydrogens (tertiary/aromatic N) is 2. The summed E-state index contributed by atoms with van der Waals surface area (Å²) in [6.45, 7) is 3.48. The Morgan fingerprint density at radius 3 is 3.10 bits per heavy atom. The minimum Gasteiger partial charge on any atom is -0.461 e. The van der Waals surface area contributed by atoms with Gasteiger partial charge in [-0.1, -0.05) is 0 Å². The van der Waals surface area contributed by atoms with Crippen LogP contribution in [0.5, 0.6) is 0 Å². The van der Waals surface area contributed by atoms with Gasteiger partial charge in [0.1, 0.15) is 5.69 Å². The monoisotopic (exact) mass is 298 g/mol. The molecule has 1 saturated heterocycles. The highest BCUT2D eigenvalue weighted by atomic mass is 32.1. The Balaban J connectivity index is 1.98. The van der Waals surface area contributed by atoms with Gasteiger partial charge in [-0.2, -0.15) is 0 Å². The molecular formula is C13H18N2O4S. The maximum atomic E-state index is 12.2. The Morgan fingerprint density at radius 1 is 1.60 bits per heavy atom. The number of likely N-dealkylation sites (tertiary alicyclic amines) is 1. The third-order valence-corrected chi connectivity index (χ3v) is 4.11. The number of carbonyl (C=O) groups excluding carboxylic acids is 2. The molecule has 20 heavy (non-hydrogen) atoms. The first kappa shape index (κ1) is 14.9. The summed E-state index contributed by atoms with van der Waals surface area (Å²) in [6, 6.07) is 0. The molecule has 1 aromatic rings. The van der Waals surface area contributed by atoms with Crippen molar-refractivity contribution < 1.29 is 19.4 Å². The van der Waals surface area contributed by atoms with Crippen molar-refractivity contribution in [3.8, 4) is 0 Å². The summed E-state index contributed by atoms with van der Waals surface area (Å²) in [5, 5.41) is 10.7. The van der Waals surface area contributed by atoms with Crippen molar-refractivity contribution in [2.45, 2.75) is 19.8 Å². The number of carbonyl (C=O) groups is 2. The Bertz CT molecular complexity index is 488. The van der Waals surface area contributed by atoms with Crippen molar-refractivity contribution in [1.82, 2.24) is 9.88 Å². The quantitative estimate of drug-likeness (QED) is 0.825. The zero-order chi connectivity index (χ0) is 14.5. The first-order chi connectivity index (χ1) is 9.65. The summed E-state index contributed by atoms with van der Waals surface area (Å²) in [5.74, 6) is -0.291. The smallest absolute Gasteiger partial charge is 0.367 e. The third kappa shape index (κ3) is 3.34. The second-order valence-electron chi connectivity index (χ2n) is 4.68. The van der Waals surface area contributed by atoms with E-state index in [1.165, 1.54) is 0 Å². The van der Waals surface area contributed by atoms with E-state index in [-0.39, 0.29) is 24.1 Å². The molecule has 110 valence electrons. The van der Waals surface area contributed by atoms with Crippen LogP contribution in [0.3, 0.4) is 0 Å². The highest BCUT2D eigenvalue weighted by Gasteiger charge is 2.28. The first-order valence-electron chi connectivity index (χ1n) is 6.68. The molecule has 1 aliphatic rings. The maximum Gasteiger partial charge on any atom is 0.367 e. The minimum absolute atomic E-state index is 0.149. The van der Waals surface area contributed by atoms with Crippen LogP contribution in [0, 0.1) is 5.92 Å². The summed E-state index contributed by atoms with van der Waals surface area (Å²) in [5.41, 5.74) is 0.294. The molecule has 0 spiro atoms. The van der Waals surface area contributed by atoms with Gasteiger partial charge in [-0.15, -0.1) is 11.3 Å². The predicted molar refractivity (Wildman–Crippen MR) is 73.8 cm³/mol. The Labute approximate surface area is 121 Å². The van der Waals surface area contributed by atoms with Gasteiger partial charge in [-0.3, -0.25) is 4.79 Å². The van der Waals surface area contributed by atoms with E-state index < -0.39 is 5.97 Å². The van der Waals surface area contributed by atoms with Crippen LogP contribution < -0.4 is 0 Å². The minimum atomic E-state index is -0.490. The van der Waals surface area contributed by atoms with Crippen LogP contribution in [0.4, 0.5) is 0 Å². The van der Waals surface area contributed by atoms with Gasteiger partial charge < -0.3 is 14.7 Å². The molecule has 6 nitrogen and oxygen atoms in total. The van der Waals surface area contributed by atoms with Crippen LogP contribution in [0.15, 0.2) is 5.38 Å². The summed E-state index contributed by atoms with van der Waals surface area (Å²) in [7, 11) is 0. The zero-order valence-corrected chi connectivity index (χ0v) is 12.2. The number of aliphatic hydroxyl groups is 1. The van der Waals surface area contributed by atoms with E-state index in [2.05, 4.69) is 4.98 Å². The number of thiazole rings is 1. The topological polar surface area (TPSA) is 79.7 Å². The highest BCUT2D eigenvalue weighted by molar-refractivity contribution is 7.11. The second kappa shape index (κ2) is 6.81. The molecule has 1 aliphatic heterocycles. The van der Waals surface area contributed by atoms with Gasteiger partial charge in [0.05, 0.1) is 6.61 Å². The zero-order valence-electron chi connectivity index (χ0n) is 11.4. The molecule has 7 heteroatoms. The lowest BCUT2D eigenvalue weighted by atomic mass is 10.1. The van der Waals surface area contributed by atoms with Crippen LogP contribution in [0.2, 0.25) is 0 Å². The van der Waals surface area contributed by atoms with Crippen molar-refractivity contribution in [1.29, 1.82) is 0 Å². The average molecular weight is 298 g/mol. The highest BCUT2D eigenvalue weighted by Crippen LogP contribution is 2.22. The standard InChI is InChI=1S/C13H18N2O4S/c1-2-19-13(18)11-14-10(8-20-11)12(17)15-5-3-9(7-15)4-6-16/h8-9,16H,2-7H2,1H3. The summed E-state index contributed by atoms with van der Waals surface area (Å²) in [4.78, 5) is 29.5. The summed E-state index contributed by atoms with van der Waals surface area (Å²) in [6.07, 6.45) is 1.62. The Morgan fingerprint density at radius 2 is 2.40 bits per heavy atom. The number of esters is 1. The number of aromatic nitrogens is 1. The Hall–Kier alpha value is -1.47. The predicted octanol–water partition coefficient (Wildman–Crippen LogP) is 1.16. The van der Waals surface area contributed by atoms with Gasteiger partial charge in [0, 0.05) is 25.1 Å². The number of amides is 1. The molecule has 1 N–H and O–H groups in total. The van der Waals surface area contributed by atoms with E-state index in [0.29, 0.717) is 24.7 Å². The van der Waals surface area contributed by atoms with E-state index in [4.69, 9.17) is 9.84 Å². The lowest BCUT2D eigenvalue weighted by Crippen LogP contribution is -2.29. The van der Waals surface area contributed by atoms with Crippen molar-refractivity contribution in [2.75, 3.05) is 26.3 Å². The number of aliphatic hydroxyl groups excluding tert-OH is 1. The van der Waals surface area contributed by atoms with Crippen molar-refractivity contribution >= 4 is 23.2 Å². The van der Waals surface area contributed by atoms with Crippen molar-refractivity contribution in [3.05, 3.63) is 16.1 Å². The van der Waals surface area contributed by atoms with E-state index in [9.17, 15) is 9.59 Å². The lowest BCUT2D eigenvalue weighted by Gasteiger charge is -2.14. The molecule has 1 aromatic heterocycles. The number of hydrogen-bond donors (Lipinski definition) is 1. The average Bonchev–Trinajstić information content (AvgIpc) is 3.07. The molecule has 0 radical (unpaired) electrons. The Kier molecular flexibility index (Phi) is 5.08. The SMILES string of the molecule is CCOC(=O)c1nc(C(=O)N2CCC(CCO)C2)cs1. The molecule has 1 unspecified atom stereocenters. The lowest BCUT2D eigenvalue weighted by molar-refractivity contribution is 0.0526. The van der Waals surface area contributed by atoms with E-state index in [1.54, 1.807) is 17.2 Å². The number of rotatable bonds is 5. The molecule has 2 heterocycles. The maximum absolute atomic E-state index is 12.2. The molecule has 0 aromatic carbocycles. The van der Waals surface area contributed by atoms with Gasteiger partial charge in [0.15, 0.2) is 0 Å². The van der Waals surface area contributed by atoms with Crippen molar-refractivity contribution in [3.63, 3.8) is 0 Å². The molecule has 1 atom stereocenters. The van der Waals surface area contributed by atoms with Gasteiger partial charge in [-0.05, 0) is 25.7 Å². The normalized spacial score (nSPS) is 18.3. The fraction of sp³-hybridized carbons (Fsp3) is 0.615. The molecule has 0 aliphatic carbocycles. The summed E-state index contributed by atoms with van der Waals surface area (Å²) < 4.78 is 4.85. The van der Waals surface area contributed by atoms with Gasteiger partial charge in [-0.25, -0.2) is 9.78 Å². The van der Waals surface area contributed by atoms with E-state index in [0.717, 1.165) is 24.2 Å². The van der Waals surface area contributed by atoms with Crippen molar-refractivity contribution in [2.24, 2.45) is 5.92 Å². The van der Waals surface area contributed by atoms with Crippen LogP contribution >= 0.6 is 11.3 Å². The van der Waals surface area contributed by atoms with Crippen LogP contribution in [-0.4, -0.2) is 53.2 Å². The fourth-order valence-electron chi connectivity index (χ4n) is 2.26. The summed E-state index contributed by atoms with van der Waals surface area (Å²) >= 11 is 1.12. The van der Waals surface area contributed by atoms with E-state index >= 15 is 0 Å². The third-order valence-electron chi connectivity index (χ3n) is 3.28. The molecule has 0 bridgehead atoms. The molecule has 0 saturated carbocycles. The fourth-order valence-corrected chi connectivity index (χ4v) is 2.94. The second-order valence-corrected chi connectivity index (χ2v) is 5.53. The molecule has 2 rings (SSSR count). The molecule has 1 amide bonds. The number of ether oxygens (including phenoxy) is 1. The first-order valence-corrected chi connectivity index (χ1v) is 7.56. The largest absolute Gasteiger partial charge is 0.461 e. The van der Waals surface area contributed by atoms with Gasteiger partial charge in [0.2, 0.25) is 5.01 Å². The van der Waals surface area contributed by atoms with E-state index in [1.807, 2.05) is 0 Å². The van der Waals surface area contributed by atoms with Gasteiger partial charge >= 0.3 is 5.97 Å².